The minimum atomic E-state index is -0.0856. The molecule has 0 amide bonds. The van der Waals surface area contributed by atoms with E-state index in [9.17, 15) is 0 Å². The van der Waals surface area contributed by atoms with Crippen LogP contribution in [-0.2, 0) is 0 Å². The summed E-state index contributed by atoms with van der Waals surface area (Å²) < 4.78 is 11.9. The Bertz CT molecular complexity index is 3200. The Morgan fingerprint density at radius 1 is 0.438 bits per heavy atom. The van der Waals surface area contributed by atoms with E-state index in [2.05, 4.69) is 161 Å². The minimum absolute atomic E-state index is 0.0856. The Morgan fingerprint density at radius 3 is 2.02 bits per heavy atom. The number of fused-ring (bicyclic) bond motifs is 16. The maximum atomic E-state index is 6.80. The fourth-order valence-electron chi connectivity index (χ4n) is 9.04. The predicted molar refractivity (Wildman–Crippen MR) is 203 cm³/mol. The van der Waals surface area contributed by atoms with E-state index in [1.807, 2.05) is 0 Å². The fourth-order valence-corrected chi connectivity index (χ4v) is 9.04. The van der Waals surface area contributed by atoms with Crippen LogP contribution in [0.4, 0.5) is 0 Å². The van der Waals surface area contributed by atoms with Crippen LogP contribution >= 0.6 is 0 Å². The number of benzene rings is 8. The topological polar surface area (TPSA) is 23.0 Å². The molecule has 0 saturated carbocycles. The molecule has 0 saturated heterocycles. The van der Waals surface area contributed by atoms with Crippen LogP contribution < -0.4 is 10.9 Å². The second-order valence-corrected chi connectivity index (χ2v) is 13.2. The third-order valence-electron chi connectivity index (χ3n) is 10.9. The highest BCUT2D eigenvalue weighted by atomic mass is 16.3. The first kappa shape index (κ1) is 24.9. The molecule has 4 heterocycles. The first-order chi connectivity index (χ1) is 23.8. The molecule has 0 fully saturated rings. The molecule has 3 nitrogen and oxygen atoms in total. The summed E-state index contributed by atoms with van der Waals surface area (Å²) in [5.41, 5.74) is 10.5. The summed E-state index contributed by atoms with van der Waals surface area (Å²) in [6, 6.07) is 55.6. The molecule has 0 N–H and O–H groups in total. The molecule has 0 spiro atoms. The quantitative estimate of drug-likeness (QED) is 0.170. The van der Waals surface area contributed by atoms with Crippen LogP contribution in [0.5, 0.6) is 0 Å². The van der Waals surface area contributed by atoms with Crippen LogP contribution in [-0.4, -0.2) is 15.9 Å². The van der Waals surface area contributed by atoms with Gasteiger partial charge in [0.25, 0.3) is 0 Å². The first-order valence-electron chi connectivity index (χ1n) is 16.6. The highest BCUT2D eigenvalue weighted by Crippen LogP contribution is 2.43. The van der Waals surface area contributed by atoms with Gasteiger partial charge in [0.05, 0.1) is 16.6 Å². The summed E-state index contributed by atoms with van der Waals surface area (Å²) in [6.45, 7) is -0.0856. The molecule has 8 aromatic carbocycles. The normalized spacial score (nSPS) is 13.0. The maximum Gasteiger partial charge on any atom is 0.332 e. The van der Waals surface area contributed by atoms with E-state index in [0.717, 1.165) is 27.5 Å². The summed E-state index contributed by atoms with van der Waals surface area (Å²) in [7, 11) is 0. The zero-order valence-corrected chi connectivity index (χ0v) is 25.8. The molecular weight excluding hydrogens is 583 g/mol. The highest BCUT2D eigenvalue weighted by Gasteiger charge is 2.37. The Labute approximate surface area is 274 Å². The van der Waals surface area contributed by atoms with Crippen LogP contribution in [0.1, 0.15) is 0 Å². The van der Waals surface area contributed by atoms with Gasteiger partial charge in [-0.05, 0) is 62.8 Å². The third-order valence-corrected chi connectivity index (χ3v) is 10.9. The van der Waals surface area contributed by atoms with Gasteiger partial charge in [0, 0.05) is 43.5 Å². The van der Waals surface area contributed by atoms with Crippen LogP contribution in [0.25, 0.3) is 92.8 Å². The van der Waals surface area contributed by atoms with Gasteiger partial charge in [-0.15, -0.1) is 0 Å². The van der Waals surface area contributed by atoms with Crippen molar-refractivity contribution in [2.75, 3.05) is 0 Å². The van der Waals surface area contributed by atoms with Gasteiger partial charge >= 0.3 is 6.85 Å². The van der Waals surface area contributed by atoms with Crippen LogP contribution in [0.3, 0.4) is 0 Å². The fraction of sp³-hybridized carbons (Fsp3) is 0. The molecule has 0 radical (unpaired) electrons. The van der Waals surface area contributed by atoms with Crippen molar-refractivity contribution in [3.05, 3.63) is 152 Å². The van der Waals surface area contributed by atoms with E-state index in [4.69, 9.17) is 4.42 Å². The molecule has 0 aliphatic carbocycles. The lowest BCUT2D eigenvalue weighted by Crippen LogP contribution is -2.53. The number of hydrogen-bond acceptors (Lipinski definition) is 1. The second kappa shape index (κ2) is 8.75. The number of furan rings is 1. The molecule has 1 aliphatic rings. The van der Waals surface area contributed by atoms with E-state index in [-0.39, 0.29) is 6.85 Å². The average Bonchev–Trinajstić information content (AvgIpc) is 3.81. The number of hydrogen-bond donors (Lipinski definition) is 0. The monoisotopic (exact) mass is 608 g/mol. The lowest BCUT2D eigenvalue weighted by molar-refractivity contribution is 0.671. The summed E-state index contributed by atoms with van der Waals surface area (Å²) in [5, 5.41) is 12.5. The van der Waals surface area contributed by atoms with Gasteiger partial charge in [-0.2, -0.15) is 0 Å². The maximum absolute atomic E-state index is 6.80. The number of nitrogens with zero attached hydrogens (tertiary/aromatic N) is 2. The van der Waals surface area contributed by atoms with Gasteiger partial charge in [-0.1, -0.05) is 121 Å². The zero-order valence-electron chi connectivity index (χ0n) is 25.8. The van der Waals surface area contributed by atoms with Crippen molar-refractivity contribution in [1.29, 1.82) is 0 Å². The standard InChI is InChI=1S/C44H25BN2O/c1-3-13-28-26(11-1)21-24-38-40(28)41-29-14-4-2-12-27(29)25-35-43(41)46(38)37-19-9-7-17-34(37)45(35)47-36-18-8-5-15-30(36)32-22-23-33-31-16-6-10-20-39(31)48-44(33)42(32)47/h1-25H. The highest BCUT2D eigenvalue weighted by molar-refractivity contribution is 6.88. The molecule has 4 heteroatoms. The number of aromatic nitrogens is 2. The van der Waals surface area contributed by atoms with E-state index in [1.165, 1.54) is 76.3 Å². The molecule has 12 rings (SSSR count). The molecule has 1 aliphatic heterocycles. The van der Waals surface area contributed by atoms with Gasteiger partial charge in [-0.25, -0.2) is 0 Å². The predicted octanol–water partition coefficient (Wildman–Crippen LogP) is 10.1. The SMILES string of the molecule is c1ccc2c(c1)B(n1c3ccccc3c3ccc4c5ccccc5oc4c31)c1cc3ccccc3c3c4c5ccccc5ccc4n-2c13. The van der Waals surface area contributed by atoms with Crippen molar-refractivity contribution in [1.82, 2.24) is 9.05 Å². The molecule has 11 aromatic rings. The van der Waals surface area contributed by atoms with Crippen molar-refractivity contribution in [2.24, 2.45) is 0 Å². The summed E-state index contributed by atoms with van der Waals surface area (Å²) in [6.07, 6.45) is 0. The summed E-state index contributed by atoms with van der Waals surface area (Å²) in [5.74, 6) is 0. The van der Waals surface area contributed by atoms with Crippen LogP contribution in [0.15, 0.2) is 156 Å². The Balaban J connectivity index is 1.35. The molecule has 0 unspecified atom stereocenters. The number of para-hydroxylation sites is 3. The molecule has 0 atom stereocenters. The Kier molecular flexibility index (Phi) is 4.54. The minimum Gasteiger partial charge on any atom is -0.454 e. The van der Waals surface area contributed by atoms with E-state index >= 15 is 0 Å². The zero-order chi connectivity index (χ0) is 31.1. The van der Waals surface area contributed by atoms with Crippen molar-refractivity contribution >= 4 is 105 Å². The van der Waals surface area contributed by atoms with E-state index in [1.54, 1.807) is 0 Å². The van der Waals surface area contributed by atoms with Gasteiger partial charge in [-0.3, -0.25) is 0 Å². The largest absolute Gasteiger partial charge is 0.454 e. The molecule has 3 aromatic heterocycles. The van der Waals surface area contributed by atoms with Crippen LogP contribution in [0.2, 0.25) is 0 Å². The third kappa shape index (κ3) is 2.93. The Morgan fingerprint density at radius 2 is 1.12 bits per heavy atom. The van der Waals surface area contributed by atoms with Crippen molar-refractivity contribution < 1.29 is 4.42 Å². The van der Waals surface area contributed by atoms with E-state index < -0.39 is 0 Å². The second-order valence-electron chi connectivity index (χ2n) is 13.2. The van der Waals surface area contributed by atoms with Gasteiger partial charge in [0.1, 0.15) is 5.58 Å². The van der Waals surface area contributed by atoms with Gasteiger partial charge < -0.3 is 13.5 Å². The van der Waals surface area contributed by atoms with Crippen molar-refractivity contribution in [2.45, 2.75) is 0 Å². The summed E-state index contributed by atoms with van der Waals surface area (Å²) in [4.78, 5) is 0. The molecule has 0 bridgehead atoms. The average molecular weight is 609 g/mol. The lowest BCUT2D eigenvalue weighted by Gasteiger charge is -2.28. The molecular formula is C44H25BN2O. The van der Waals surface area contributed by atoms with E-state index in [0.29, 0.717) is 0 Å². The first-order valence-corrected chi connectivity index (χ1v) is 16.6. The van der Waals surface area contributed by atoms with Crippen molar-refractivity contribution in [3.8, 4) is 5.69 Å². The molecule has 220 valence electrons. The van der Waals surface area contributed by atoms with Gasteiger partial charge in [0.15, 0.2) is 5.58 Å². The lowest BCUT2D eigenvalue weighted by atomic mass is 9.48. The summed E-state index contributed by atoms with van der Waals surface area (Å²) >= 11 is 0. The van der Waals surface area contributed by atoms with Gasteiger partial charge in [0.2, 0.25) is 0 Å². The van der Waals surface area contributed by atoms with Crippen molar-refractivity contribution in [3.63, 3.8) is 0 Å². The Hall–Kier alpha value is -6.26. The number of rotatable bonds is 1. The molecule has 48 heavy (non-hydrogen) atoms. The van der Waals surface area contributed by atoms with Crippen LogP contribution in [0, 0.1) is 0 Å². The smallest absolute Gasteiger partial charge is 0.332 e.